The zero-order valence-electron chi connectivity index (χ0n) is 10.5. The molecule has 0 spiro atoms. The van der Waals surface area contributed by atoms with Crippen molar-refractivity contribution in [3.63, 3.8) is 0 Å². The molecule has 19 heavy (non-hydrogen) atoms. The number of nitrogens with one attached hydrogen (secondary N) is 1. The first kappa shape index (κ1) is 13.6. The summed E-state index contributed by atoms with van der Waals surface area (Å²) in [5.74, 6) is -0.101. The summed E-state index contributed by atoms with van der Waals surface area (Å²) in [5, 5.41) is 6.89. The molecule has 0 fully saturated rings. The fraction of sp³-hybridized carbons (Fsp3) is 0.231. The van der Waals surface area contributed by atoms with Gasteiger partial charge >= 0.3 is 0 Å². The molecule has 2 rings (SSSR count). The third kappa shape index (κ3) is 3.82. The van der Waals surface area contributed by atoms with Gasteiger partial charge in [-0.1, -0.05) is 28.1 Å². The first-order valence-electron chi connectivity index (χ1n) is 5.87. The molecular formula is C13H15BrN4O. The van der Waals surface area contributed by atoms with E-state index in [0.29, 0.717) is 5.69 Å². The lowest BCUT2D eigenvalue weighted by molar-refractivity contribution is -0.122. The minimum atomic E-state index is -0.101. The molecule has 0 aliphatic rings. The van der Waals surface area contributed by atoms with Gasteiger partial charge in [0.2, 0.25) is 5.91 Å². The van der Waals surface area contributed by atoms with Crippen molar-refractivity contribution in [2.24, 2.45) is 0 Å². The van der Waals surface area contributed by atoms with Crippen molar-refractivity contribution >= 4 is 27.5 Å². The van der Waals surface area contributed by atoms with Crippen molar-refractivity contribution in [2.45, 2.75) is 19.5 Å². The molecule has 1 aromatic heterocycles. The Morgan fingerprint density at radius 1 is 1.58 bits per heavy atom. The van der Waals surface area contributed by atoms with Crippen LogP contribution >= 0.6 is 15.9 Å². The molecule has 0 aliphatic carbocycles. The van der Waals surface area contributed by atoms with E-state index in [-0.39, 0.29) is 18.5 Å². The predicted molar refractivity (Wildman–Crippen MR) is 77.3 cm³/mol. The van der Waals surface area contributed by atoms with Crippen LogP contribution in [0.2, 0.25) is 0 Å². The Bertz CT molecular complexity index is 582. The van der Waals surface area contributed by atoms with E-state index in [1.165, 1.54) is 10.9 Å². The van der Waals surface area contributed by atoms with E-state index in [9.17, 15) is 4.79 Å². The number of aromatic nitrogens is 2. The second kappa shape index (κ2) is 5.88. The van der Waals surface area contributed by atoms with Crippen molar-refractivity contribution in [1.29, 1.82) is 0 Å². The lowest BCUT2D eigenvalue weighted by Crippen LogP contribution is -2.30. The summed E-state index contributed by atoms with van der Waals surface area (Å²) < 4.78 is 2.50. The van der Waals surface area contributed by atoms with Crippen LogP contribution in [0.15, 0.2) is 41.1 Å². The summed E-state index contributed by atoms with van der Waals surface area (Å²) in [7, 11) is 0. The highest BCUT2D eigenvalue weighted by atomic mass is 79.9. The molecule has 0 saturated carbocycles. The van der Waals surface area contributed by atoms with Crippen LogP contribution in [0.3, 0.4) is 0 Å². The maximum atomic E-state index is 11.9. The van der Waals surface area contributed by atoms with Crippen molar-refractivity contribution in [3.8, 4) is 0 Å². The fourth-order valence-electron chi connectivity index (χ4n) is 1.76. The number of halogens is 1. The molecule has 2 aromatic rings. The van der Waals surface area contributed by atoms with E-state index in [1.807, 2.05) is 31.2 Å². The van der Waals surface area contributed by atoms with Crippen LogP contribution in [0, 0.1) is 0 Å². The van der Waals surface area contributed by atoms with Crippen LogP contribution in [-0.4, -0.2) is 15.7 Å². The summed E-state index contributed by atoms with van der Waals surface area (Å²) in [6.45, 7) is 2.10. The zero-order valence-corrected chi connectivity index (χ0v) is 12.1. The van der Waals surface area contributed by atoms with E-state index < -0.39 is 0 Å². The van der Waals surface area contributed by atoms with Crippen molar-refractivity contribution in [1.82, 2.24) is 15.1 Å². The molecule has 1 atom stereocenters. The number of hydrogen-bond acceptors (Lipinski definition) is 3. The van der Waals surface area contributed by atoms with E-state index in [1.54, 1.807) is 6.20 Å². The third-order valence-electron chi connectivity index (χ3n) is 2.68. The lowest BCUT2D eigenvalue weighted by atomic mass is 10.1. The van der Waals surface area contributed by atoms with Crippen molar-refractivity contribution in [3.05, 3.63) is 46.7 Å². The lowest BCUT2D eigenvalue weighted by Gasteiger charge is -2.14. The molecule has 6 heteroatoms. The van der Waals surface area contributed by atoms with Crippen LogP contribution < -0.4 is 11.1 Å². The van der Waals surface area contributed by atoms with Gasteiger partial charge in [-0.3, -0.25) is 9.48 Å². The number of anilines is 1. The topological polar surface area (TPSA) is 72.9 Å². The summed E-state index contributed by atoms with van der Waals surface area (Å²) >= 11 is 3.41. The van der Waals surface area contributed by atoms with Gasteiger partial charge in [-0.15, -0.1) is 0 Å². The second-order valence-electron chi connectivity index (χ2n) is 4.32. The normalized spacial score (nSPS) is 12.1. The molecule has 1 unspecified atom stereocenters. The molecule has 3 N–H and O–H groups in total. The van der Waals surface area contributed by atoms with Crippen LogP contribution in [0.1, 0.15) is 18.5 Å². The number of carbonyl (C=O) groups is 1. The Morgan fingerprint density at radius 3 is 3.00 bits per heavy atom. The quantitative estimate of drug-likeness (QED) is 0.905. The number of nitrogens with zero attached hydrogens (tertiary/aromatic N) is 2. The van der Waals surface area contributed by atoms with E-state index in [0.717, 1.165) is 10.0 Å². The molecule has 1 heterocycles. The smallest absolute Gasteiger partial charge is 0.242 e. The highest BCUT2D eigenvalue weighted by molar-refractivity contribution is 9.10. The SMILES string of the molecule is CC(NC(=O)Cn1cc(N)cn1)c1cccc(Br)c1. The van der Waals surface area contributed by atoms with Crippen LogP contribution in [0.5, 0.6) is 0 Å². The van der Waals surface area contributed by atoms with Gasteiger partial charge in [0.25, 0.3) is 0 Å². The van der Waals surface area contributed by atoms with Gasteiger partial charge in [0.05, 0.1) is 17.9 Å². The minimum Gasteiger partial charge on any atom is -0.396 e. The van der Waals surface area contributed by atoms with Crippen molar-refractivity contribution in [2.75, 3.05) is 5.73 Å². The highest BCUT2D eigenvalue weighted by Gasteiger charge is 2.10. The molecule has 1 aromatic carbocycles. The standard InChI is InChI=1S/C13H15BrN4O/c1-9(10-3-2-4-11(14)5-10)17-13(19)8-18-7-12(15)6-16-18/h2-7,9H,8,15H2,1H3,(H,17,19). The van der Waals surface area contributed by atoms with Crippen LogP contribution in [-0.2, 0) is 11.3 Å². The number of benzene rings is 1. The Hall–Kier alpha value is -1.82. The third-order valence-corrected chi connectivity index (χ3v) is 3.18. The Labute approximate surface area is 119 Å². The Kier molecular flexibility index (Phi) is 4.21. The summed E-state index contributed by atoms with van der Waals surface area (Å²) in [6, 6.07) is 7.79. The van der Waals surface area contributed by atoms with Gasteiger partial charge in [-0.05, 0) is 24.6 Å². The largest absolute Gasteiger partial charge is 0.396 e. The van der Waals surface area contributed by atoms with Gasteiger partial charge in [0.15, 0.2) is 0 Å². The molecule has 0 bridgehead atoms. The second-order valence-corrected chi connectivity index (χ2v) is 5.23. The van der Waals surface area contributed by atoms with Crippen LogP contribution in [0.4, 0.5) is 5.69 Å². The number of nitrogens with two attached hydrogens (primary N) is 1. The predicted octanol–water partition coefficient (Wildman–Crippen LogP) is 2.11. The highest BCUT2D eigenvalue weighted by Crippen LogP contribution is 2.17. The van der Waals surface area contributed by atoms with Crippen molar-refractivity contribution < 1.29 is 4.79 Å². The van der Waals surface area contributed by atoms with Gasteiger partial charge in [0.1, 0.15) is 6.54 Å². The van der Waals surface area contributed by atoms with Crippen LogP contribution in [0.25, 0.3) is 0 Å². The number of rotatable bonds is 4. The van der Waals surface area contributed by atoms with Gasteiger partial charge in [-0.25, -0.2) is 0 Å². The maximum Gasteiger partial charge on any atom is 0.242 e. The molecule has 1 amide bonds. The van der Waals surface area contributed by atoms with Gasteiger partial charge in [0, 0.05) is 10.7 Å². The molecule has 5 nitrogen and oxygen atoms in total. The minimum absolute atomic E-state index is 0.0575. The number of amides is 1. The summed E-state index contributed by atoms with van der Waals surface area (Å²) in [4.78, 5) is 11.9. The molecule has 100 valence electrons. The first-order chi connectivity index (χ1) is 9.04. The van der Waals surface area contributed by atoms with Gasteiger partial charge < -0.3 is 11.1 Å². The van der Waals surface area contributed by atoms with E-state index in [4.69, 9.17) is 5.73 Å². The molecule has 0 radical (unpaired) electrons. The molecule has 0 saturated heterocycles. The molecule has 0 aliphatic heterocycles. The summed E-state index contributed by atoms with van der Waals surface area (Å²) in [5.41, 5.74) is 7.14. The zero-order chi connectivity index (χ0) is 13.8. The number of carbonyl (C=O) groups excluding carboxylic acids is 1. The molecular weight excluding hydrogens is 308 g/mol. The number of hydrogen-bond donors (Lipinski definition) is 2. The van der Waals surface area contributed by atoms with E-state index >= 15 is 0 Å². The number of nitrogen functional groups attached to an aromatic ring is 1. The average molecular weight is 323 g/mol. The maximum absolute atomic E-state index is 11.9. The monoisotopic (exact) mass is 322 g/mol. The van der Waals surface area contributed by atoms with Gasteiger partial charge in [-0.2, -0.15) is 5.10 Å². The average Bonchev–Trinajstić information content (AvgIpc) is 2.74. The summed E-state index contributed by atoms with van der Waals surface area (Å²) in [6.07, 6.45) is 3.15. The van der Waals surface area contributed by atoms with E-state index in [2.05, 4.69) is 26.3 Å². The first-order valence-corrected chi connectivity index (χ1v) is 6.66. The Morgan fingerprint density at radius 2 is 2.37 bits per heavy atom. The fourth-order valence-corrected chi connectivity index (χ4v) is 2.18. The Balaban J connectivity index is 1.95.